The third kappa shape index (κ3) is 6.73. The van der Waals surface area contributed by atoms with Crippen molar-refractivity contribution in [3.05, 3.63) is 83.9 Å². The van der Waals surface area contributed by atoms with Gasteiger partial charge in [-0.2, -0.15) is 13.2 Å². The third-order valence-corrected chi connectivity index (χ3v) is 7.00. The summed E-state index contributed by atoms with van der Waals surface area (Å²) in [6.07, 6.45) is -4.66. The number of anilines is 1. The van der Waals surface area contributed by atoms with Crippen LogP contribution < -0.4 is 15.0 Å². The molecule has 4 rings (SSSR count). The van der Waals surface area contributed by atoms with Crippen molar-refractivity contribution in [1.82, 2.24) is 5.32 Å². The first kappa shape index (κ1) is 25.9. The topological polar surface area (TPSA) is 61.8 Å². The lowest BCUT2D eigenvalue weighted by atomic mass is 9.94. The molecule has 36 heavy (non-hydrogen) atoms. The summed E-state index contributed by atoms with van der Waals surface area (Å²) >= 11 is 1.03. The van der Waals surface area contributed by atoms with Crippen molar-refractivity contribution in [1.29, 1.82) is 0 Å². The first-order valence-electron chi connectivity index (χ1n) is 11.5. The summed E-state index contributed by atoms with van der Waals surface area (Å²) < 4.78 is 48.0. The number of halogens is 3. The summed E-state index contributed by atoms with van der Waals surface area (Å²) in [4.78, 5) is 13.8. The minimum atomic E-state index is -4.54. The molecule has 1 atom stereocenters. The van der Waals surface area contributed by atoms with E-state index in [-0.39, 0.29) is 11.3 Å². The summed E-state index contributed by atoms with van der Waals surface area (Å²) in [5.74, 6) is -0.378. The third-order valence-electron chi connectivity index (χ3n) is 5.93. The van der Waals surface area contributed by atoms with E-state index in [1.807, 2.05) is 30.3 Å². The monoisotopic (exact) mass is 516 g/mol. The van der Waals surface area contributed by atoms with Gasteiger partial charge in [-0.05, 0) is 48.9 Å². The lowest BCUT2D eigenvalue weighted by Gasteiger charge is -2.42. The fourth-order valence-electron chi connectivity index (χ4n) is 4.24. The number of ether oxygens (including phenoxy) is 1. The highest BCUT2D eigenvalue weighted by Gasteiger charge is 2.36. The number of carboxylic acids is 1. The maximum absolute atomic E-state index is 14.1. The van der Waals surface area contributed by atoms with E-state index in [4.69, 9.17) is 4.74 Å². The Kier molecular flexibility index (Phi) is 7.80. The highest BCUT2D eigenvalue weighted by atomic mass is 32.2. The minimum absolute atomic E-state index is 0.0925. The van der Waals surface area contributed by atoms with Gasteiger partial charge >= 0.3 is 12.1 Å². The Morgan fingerprint density at radius 3 is 2.61 bits per heavy atom. The van der Waals surface area contributed by atoms with Gasteiger partial charge in [0.25, 0.3) is 0 Å². The molecule has 0 amide bonds. The molecule has 1 heterocycles. The smallest absolute Gasteiger partial charge is 0.417 e. The summed E-state index contributed by atoms with van der Waals surface area (Å²) in [6.45, 7) is 3.40. The first-order chi connectivity index (χ1) is 17.1. The maximum Gasteiger partial charge on any atom is 0.417 e. The van der Waals surface area contributed by atoms with Crippen LogP contribution in [0, 0.1) is 0 Å². The van der Waals surface area contributed by atoms with Gasteiger partial charge in [0.1, 0.15) is 12.4 Å². The number of carboxylic acid groups (broad SMARTS) is 1. The van der Waals surface area contributed by atoms with Gasteiger partial charge in [-0.1, -0.05) is 48.2 Å². The van der Waals surface area contributed by atoms with E-state index in [1.54, 1.807) is 42.2 Å². The van der Waals surface area contributed by atoms with Crippen LogP contribution in [0.1, 0.15) is 24.5 Å². The number of rotatable bonds is 8. The van der Waals surface area contributed by atoms with E-state index in [1.165, 1.54) is 6.07 Å². The molecule has 0 unspecified atom stereocenters. The van der Waals surface area contributed by atoms with Gasteiger partial charge < -0.3 is 20.1 Å². The molecule has 9 heteroatoms. The predicted octanol–water partition coefficient (Wildman–Crippen LogP) is 6.08. The van der Waals surface area contributed by atoms with Crippen molar-refractivity contribution in [3.8, 4) is 5.75 Å². The van der Waals surface area contributed by atoms with Gasteiger partial charge in [-0.15, -0.1) is 0 Å². The van der Waals surface area contributed by atoms with E-state index in [2.05, 4.69) is 5.32 Å². The Morgan fingerprint density at radius 2 is 1.89 bits per heavy atom. The van der Waals surface area contributed by atoms with Gasteiger partial charge in [0, 0.05) is 40.7 Å². The normalized spacial score (nSPS) is 18.2. The highest BCUT2D eigenvalue weighted by molar-refractivity contribution is 7.99. The zero-order chi connectivity index (χ0) is 25.8. The molecule has 0 radical (unpaired) electrons. The fourth-order valence-corrected chi connectivity index (χ4v) is 5.24. The van der Waals surface area contributed by atoms with Crippen LogP contribution in [-0.4, -0.2) is 36.2 Å². The molecule has 3 aromatic carbocycles. The average Bonchev–Trinajstić information content (AvgIpc) is 2.82. The minimum Gasteiger partial charge on any atom is -0.489 e. The van der Waals surface area contributed by atoms with Gasteiger partial charge in [0.05, 0.1) is 12.0 Å². The number of hydrogen-bond donors (Lipinski definition) is 2. The molecular formula is C27H27F3N2O3S. The van der Waals surface area contributed by atoms with Crippen LogP contribution in [0.3, 0.4) is 0 Å². The maximum atomic E-state index is 14.1. The van der Waals surface area contributed by atoms with E-state index >= 15 is 0 Å². The zero-order valence-corrected chi connectivity index (χ0v) is 20.5. The lowest BCUT2D eigenvalue weighted by Crippen LogP contribution is -2.59. The van der Waals surface area contributed by atoms with Gasteiger partial charge in [-0.25, -0.2) is 0 Å². The van der Waals surface area contributed by atoms with E-state index in [0.717, 1.165) is 23.4 Å². The van der Waals surface area contributed by atoms with Crippen molar-refractivity contribution in [2.24, 2.45) is 0 Å². The zero-order valence-electron chi connectivity index (χ0n) is 19.7. The molecule has 5 nitrogen and oxygen atoms in total. The highest BCUT2D eigenvalue weighted by Crippen LogP contribution is 2.42. The molecule has 0 aromatic heterocycles. The number of hydrogen-bond acceptors (Lipinski definition) is 5. The van der Waals surface area contributed by atoms with Crippen molar-refractivity contribution in [2.45, 2.75) is 41.5 Å². The summed E-state index contributed by atoms with van der Waals surface area (Å²) in [5.41, 5.74) is -0.0301. The Labute approximate surface area is 212 Å². The molecule has 1 saturated heterocycles. The predicted molar refractivity (Wildman–Crippen MR) is 134 cm³/mol. The molecule has 0 bridgehead atoms. The van der Waals surface area contributed by atoms with Crippen LogP contribution in [0.4, 0.5) is 18.9 Å². The molecule has 1 aliphatic rings. The molecule has 0 spiro atoms. The van der Waals surface area contributed by atoms with Crippen molar-refractivity contribution >= 4 is 23.4 Å². The SMILES string of the molecule is C[C@]1(CC(=O)O)CN(c2ccc(Sc3cccc(OCc4ccccc4)c3)c(C(F)(F)F)c2)CCN1. The molecular weight excluding hydrogens is 489 g/mol. The van der Waals surface area contributed by atoms with Crippen LogP contribution >= 0.6 is 11.8 Å². The summed E-state index contributed by atoms with van der Waals surface area (Å²) in [6, 6.07) is 21.0. The van der Waals surface area contributed by atoms with Gasteiger partial charge in [0.15, 0.2) is 0 Å². The number of nitrogens with zero attached hydrogens (tertiary/aromatic N) is 1. The summed E-state index contributed by atoms with van der Waals surface area (Å²) in [7, 11) is 0. The number of aliphatic carboxylic acids is 1. The van der Waals surface area contributed by atoms with Crippen molar-refractivity contribution < 1.29 is 27.8 Å². The number of benzene rings is 3. The van der Waals surface area contributed by atoms with Crippen LogP contribution in [0.5, 0.6) is 5.75 Å². The Bertz CT molecular complexity index is 1210. The Hall–Kier alpha value is -3.17. The van der Waals surface area contributed by atoms with Crippen molar-refractivity contribution in [2.75, 3.05) is 24.5 Å². The average molecular weight is 517 g/mol. The molecule has 1 fully saturated rings. The number of piperazine rings is 1. The number of nitrogens with one attached hydrogen (secondary N) is 1. The quantitative estimate of drug-likeness (QED) is 0.379. The molecule has 2 N–H and O–H groups in total. The van der Waals surface area contributed by atoms with Crippen molar-refractivity contribution in [3.63, 3.8) is 0 Å². The second-order valence-corrected chi connectivity index (χ2v) is 10.1. The number of alkyl halides is 3. The first-order valence-corrected chi connectivity index (χ1v) is 12.3. The van der Waals surface area contributed by atoms with Crippen LogP contribution in [-0.2, 0) is 17.6 Å². The largest absolute Gasteiger partial charge is 0.489 e. The Morgan fingerprint density at radius 1 is 1.11 bits per heavy atom. The van der Waals surface area contributed by atoms with E-state index < -0.39 is 23.2 Å². The van der Waals surface area contributed by atoms with Crippen LogP contribution in [0.25, 0.3) is 0 Å². The standard InChI is InChI=1S/C27H27F3N2O3S/c1-26(16-25(33)34)18-32(13-12-31-26)20-10-11-24(23(14-20)27(28,29)30)36-22-9-5-8-21(15-22)35-17-19-6-3-2-4-7-19/h2-11,14-15,31H,12-13,16-18H2,1H3,(H,33,34)/t26-/m0/s1. The van der Waals surface area contributed by atoms with Crippen LogP contribution in [0.15, 0.2) is 82.6 Å². The molecule has 0 saturated carbocycles. The molecule has 0 aliphatic carbocycles. The van der Waals surface area contributed by atoms with E-state index in [9.17, 15) is 23.1 Å². The van der Waals surface area contributed by atoms with Gasteiger partial charge in [0.2, 0.25) is 0 Å². The number of carbonyl (C=O) groups is 1. The fraction of sp³-hybridized carbons (Fsp3) is 0.296. The molecule has 3 aromatic rings. The lowest BCUT2D eigenvalue weighted by molar-refractivity contribution is -0.140. The van der Waals surface area contributed by atoms with Crippen LogP contribution in [0.2, 0.25) is 0 Å². The summed E-state index contributed by atoms with van der Waals surface area (Å²) in [5, 5.41) is 12.4. The van der Waals surface area contributed by atoms with Gasteiger partial charge in [-0.3, -0.25) is 4.79 Å². The van der Waals surface area contributed by atoms with E-state index in [0.29, 0.717) is 42.6 Å². The second-order valence-electron chi connectivity index (χ2n) is 9.01. The Balaban J connectivity index is 1.53. The second kappa shape index (κ2) is 10.8. The molecule has 1 aliphatic heterocycles. The molecule has 190 valence electrons.